The highest BCUT2D eigenvalue weighted by atomic mass is 32.2. The molecule has 2 fully saturated rings. The molecule has 0 spiro atoms. The van der Waals surface area contributed by atoms with E-state index >= 15 is 0 Å². The molecule has 1 aromatic carbocycles. The molecule has 2 aliphatic heterocycles. The summed E-state index contributed by atoms with van der Waals surface area (Å²) < 4.78 is 45.4. The molecule has 0 radical (unpaired) electrons. The second-order valence-corrected chi connectivity index (χ2v) is 7.86. The summed E-state index contributed by atoms with van der Waals surface area (Å²) >= 11 is 0. The monoisotopic (exact) mass is 328 g/mol. The van der Waals surface area contributed by atoms with Crippen molar-refractivity contribution in [1.29, 1.82) is 0 Å². The second-order valence-electron chi connectivity index (χ2n) is 5.85. The lowest BCUT2D eigenvalue weighted by atomic mass is 10.2. The van der Waals surface area contributed by atoms with Gasteiger partial charge in [0.25, 0.3) is 0 Å². The van der Waals surface area contributed by atoms with Gasteiger partial charge in [0.2, 0.25) is 10.0 Å². The van der Waals surface area contributed by atoms with Crippen LogP contribution in [0.4, 0.5) is 10.1 Å². The Morgan fingerprint density at radius 3 is 2.55 bits per heavy atom. The number of halogens is 1. The number of nitrogens with zero attached hydrogens (tertiary/aromatic N) is 2. The van der Waals surface area contributed by atoms with E-state index in [1.807, 2.05) is 4.90 Å². The van der Waals surface area contributed by atoms with E-state index in [0.717, 1.165) is 6.42 Å². The molecule has 2 heterocycles. The molecule has 5 nitrogen and oxygen atoms in total. The summed E-state index contributed by atoms with van der Waals surface area (Å²) in [5.74, 6) is 0.00341. The Bertz CT molecular complexity index is 609. The third-order valence-electron chi connectivity index (χ3n) is 4.30. The highest BCUT2D eigenvalue weighted by Gasteiger charge is 2.31. The number of anilines is 1. The van der Waals surface area contributed by atoms with Crippen LogP contribution in [0.3, 0.4) is 0 Å². The molecule has 2 aliphatic rings. The van der Waals surface area contributed by atoms with Crippen molar-refractivity contribution in [2.45, 2.75) is 6.42 Å². The van der Waals surface area contributed by atoms with Crippen molar-refractivity contribution in [2.24, 2.45) is 5.92 Å². The van der Waals surface area contributed by atoms with Gasteiger partial charge in [-0.1, -0.05) is 12.1 Å². The summed E-state index contributed by atoms with van der Waals surface area (Å²) in [6.45, 7) is 3.03. The number of hydrogen-bond donors (Lipinski definition) is 0. The third kappa shape index (κ3) is 3.42. The first kappa shape index (κ1) is 15.7. The van der Waals surface area contributed by atoms with Crippen molar-refractivity contribution in [3.05, 3.63) is 30.1 Å². The summed E-state index contributed by atoms with van der Waals surface area (Å²) in [5.41, 5.74) is 0.545. The molecule has 0 bridgehead atoms. The van der Waals surface area contributed by atoms with Crippen molar-refractivity contribution in [1.82, 2.24) is 4.31 Å². The van der Waals surface area contributed by atoms with Crippen LogP contribution < -0.4 is 4.90 Å². The number of para-hydroxylation sites is 1. The number of benzene rings is 1. The molecular formula is C15H21FN2O3S. The van der Waals surface area contributed by atoms with Crippen LogP contribution in [0.2, 0.25) is 0 Å². The Morgan fingerprint density at radius 2 is 1.91 bits per heavy atom. The van der Waals surface area contributed by atoms with Gasteiger partial charge in [0.05, 0.1) is 18.0 Å². The van der Waals surface area contributed by atoms with Gasteiger partial charge in [0, 0.05) is 32.8 Å². The van der Waals surface area contributed by atoms with Crippen molar-refractivity contribution >= 4 is 15.7 Å². The van der Waals surface area contributed by atoms with Gasteiger partial charge in [0.15, 0.2) is 0 Å². The Hall–Kier alpha value is -1.18. The SMILES string of the molecule is O=S(=O)(CC1CCOC1)N1CCN(c2ccccc2F)CC1. The number of ether oxygens (including phenoxy) is 1. The molecule has 22 heavy (non-hydrogen) atoms. The average molecular weight is 328 g/mol. The van der Waals surface area contributed by atoms with Gasteiger partial charge in [-0.15, -0.1) is 0 Å². The van der Waals surface area contributed by atoms with E-state index in [1.165, 1.54) is 10.4 Å². The Labute approximate surface area is 130 Å². The van der Waals surface area contributed by atoms with Crippen molar-refractivity contribution in [3.63, 3.8) is 0 Å². The maximum Gasteiger partial charge on any atom is 0.214 e. The molecular weight excluding hydrogens is 307 g/mol. The van der Waals surface area contributed by atoms with E-state index in [4.69, 9.17) is 4.74 Å². The Kier molecular flexibility index (Phi) is 4.65. The van der Waals surface area contributed by atoms with Gasteiger partial charge >= 0.3 is 0 Å². The van der Waals surface area contributed by atoms with E-state index in [1.54, 1.807) is 18.2 Å². The maximum absolute atomic E-state index is 13.8. The largest absolute Gasteiger partial charge is 0.381 e. The van der Waals surface area contributed by atoms with Crippen LogP contribution in [0, 0.1) is 11.7 Å². The highest BCUT2D eigenvalue weighted by Crippen LogP contribution is 2.22. The summed E-state index contributed by atoms with van der Waals surface area (Å²) in [6.07, 6.45) is 0.814. The smallest absolute Gasteiger partial charge is 0.214 e. The lowest BCUT2D eigenvalue weighted by Gasteiger charge is -2.35. The first-order valence-electron chi connectivity index (χ1n) is 7.61. The zero-order chi connectivity index (χ0) is 15.6. The van der Waals surface area contributed by atoms with Crippen LogP contribution >= 0.6 is 0 Å². The van der Waals surface area contributed by atoms with Crippen LogP contribution in [0.5, 0.6) is 0 Å². The fourth-order valence-corrected chi connectivity index (χ4v) is 4.82. The van der Waals surface area contributed by atoms with Crippen LogP contribution in [-0.2, 0) is 14.8 Å². The lowest BCUT2D eigenvalue weighted by Crippen LogP contribution is -2.50. The highest BCUT2D eigenvalue weighted by molar-refractivity contribution is 7.89. The predicted octanol–water partition coefficient (Wildman–Crippen LogP) is 1.31. The van der Waals surface area contributed by atoms with Crippen molar-refractivity contribution < 1.29 is 17.5 Å². The first-order valence-corrected chi connectivity index (χ1v) is 9.22. The summed E-state index contributed by atoms with van der Waals surface area (Å²) in [7, 11) is -3.25. The summed E-state index contributed by atoms with van der Waals surface area (Å²) in [5, 5.41) is 0. The molecule has 1 aromatic rings. The van der Waals surface area contributed by atoms with Crippen molar-refractivity contribution in [2.75, 3.05) is 50.0 Å². The number of piperazine rings is 1. The second kappa shape index (κ2) is 6.52. The normalized spacial score (nSPS) is 23.9. The fourth-order valence-electron chi connectivity index (χ4n) is 3.03. The quantitative estimate of drug-likeness (QED) is 0.836. The van der Waals surface area contributed by atoms with E-state index in [-0.39, 0.29) is 17.5 Å². The minimum Gasteiger partial charge on any atom is -0.381 e. The van der Waals surface area contributed by atoms with Crippen LogP contribution in [-0.4, -0.2) is 57.9 Å². The number of rotatable bonds is 4. The Balaban J connectivity index is 1.60. The van der Waals surface area contributed by atoms with Crippen molar-refractivity contribution in [3.8, 4) is 0 Å². The van der Waals surface area contributed by atoms with E-state index in [2.05, 4.69) is 0 Å². The van der Waals surface area contributed by atoms with Gasteiger partial charge < -0.3 is 9.64 Å². The van der Waals surface area contributed by atoms with Crippen LogP contribution in [0.1, 0.15) is 6.42 Å². The number of hydrogen-bond acceptors (Lipinski definition) is 4. The standard InChI is InChI=1S/C15H21FN2O3S/c16-14-3-1-2-4-15(14)17-6-8-18(9-7-17)22(19,20)12-13-5-10-21-11-13/h1-4,13H,5-12H2. The molecule has 122 valence electrons. The molecule has 3 rings (SSSR count). The minimum atomic E-state index is -3.25. The molecule has 0 aromatic heterocycles. The number of sulfonamides is 1. The Morgan fingerprint density at radius 1 is 1.18 bits per heavy atom. The molecule has 1 unspecified atom stereocenters. The summed E-state index contributed by atoms with van der Waals surface area (Å²) in [4.78, 5) is 1.90. The maximum atomic E-state index is 13.8. The predicted molar refractivity (Wildman–Crippen MR) is 82.9 cm³/mol. The lowest BCUT2D eigenvalue weighted by molar-refractivity contribution is 0.188. The zero-order valence-electron chi connectivity index (χ0n) is 12.4. The molecule has 0 amide bonds. The van der Waals surface area contributed by atoms with Gasteiger partial charge in [-0.2, -0.15) is 4.31 Å². The molecule has 0 saturated carbocycles. The van der Waals surface area contributed by atoms with E-state index in [9.17, 15) is 12.8 Å². The van der Waals surface area contributed by atoms with E-state index < -0.39 is 10.0 Å². The molecule has 0 N–H and O–H groups in total. The fraction of sp³-hybridized carbons (Fsp3) is 0.600. The third-order valence-corrected chi connectivity index (χ3v) is 6.34. The topological polar surface area (TPSA) is 49.9 Å². The van der Waals surface area contributed by atoms with Crippen LogP contribution in [0.25, 0.3) is 0 Å². The summed E-state index contributed by atoms with van der Waals surface area (Å²) in [6, 6.07) is 6.61. The van der Waals surface area contributed by atoms with Gasteiger partial charge in [-0.05, 0) is 24.5 Å². The van der Waals surface area contributed by atoms with Gasteiger partial charge in [-0.25, -0.2) is 12.8 Å². The zero-order valence-corrected chi connectivity index (χ0v) is 13.3. The molecule has 1 atom stereocenters. The van der Waals surface area contributed by atoms with Gasteiger partial charge in [0.1, 0.15) is 5.82 Å². The van der Waals surface area contributed by atoms with Gasteiger partial charge in [-0.3, -0.25) is 0 Å². The molecule has 0 aliphatic carbocycles. The van der Waals surface area contributed by atoms with E-state index in [0.29, 0.717) is 45.1 Å². The molecule has 7 heteroatoms. The molecule has 2 saturated heterocycles. The minimum absolute atomic E-state index is 0.106. The first-order chi connectivity index (χ1) is 10.6. The van der Waals surface area contributed by atoms with Crippen LogP contribution in [0.15, 0.2) is 24.3 Å². The average Bonchev–Trinajstić information content (AvgIpc) is 3.00.